The van der Waals surface area contributed by atoms with E-state index < -0.39 is 36.9 Å². The van der Waals surface area contributed by atoms with E-state index in [-0.39, 0.29) is 16.7 Å². The van der Waals surface area contributed by atoms with E-state index in [1.165, 1.54) is 18.2 Å². The zero-order valence-electron chi connectivity index (χ0n) is 15.1. The molecular formula is C16H11Cl14O. The van der Waals surface area contributed by atoms with Gasteiger partial charge in [-0.3, -0.25) is 0 Å². The fraction of sp³-hybridized carbons (Fsp3) is 0.625. The maximum atomic E-state index is 12.9. The fourth-order valence-corrected chi connectivity index (χ4v) is 5.32. The number of hydrogen-bond donors (Lipinski definition) is 0. The van der Waals surface area contributed by atoms with Gasteiger partial charge in [0.05, 0.1) is 0 Å². The lowest BCUT2D eigenvalue weighted by molar-refractivity contribution is 0.0478. The monoisotopic (exact) mass is 709 g/mol. The summed E-state index contributed by atoms with van der Waals surface area (Å²) in [5, 5.41) is 12.9. The first kappa shape index (κ1) is 32.3. The minimum absolute atomic E-state index is 0.0661. The largest absolute Gasteiger partial charge is 0.228 e. The van der Waals surface area contributed by atoms with Gasteiger partial charge in [0, 0.05) is 0 Å². The molecule has 1 aromatic rings. The first-order valence-corrected chi connectivity index (χ1v) is 13.2. The molecule has 1 atom stereocenters. The van der Waals surface area contributed by atoms with Crippen molar-refractivity contribution >= 4 is 162 Å². The molecule has 0 amide bonds. The Morgan fingerprint density at radius 3 is 1.39 bits per heavy atom. The van der Waals surface area contributed by atoms with Crippen molar-refractivity contribution < 1.29 is 5.11 Å². The minimum atomic E-state index is -2.46. The summed E-state index contributed by atoms with van der Waals surface area (Å²) in [6.07, 6.45) is -1.36. The fourth-order valence-electron chi connectivity index (χ4n) is 2.34. The van der Waals surface area contributed by atoms with Gasteiger partial charge in [0.1, 0.15) is 6.10 Å². The zero-order chi connectivity index (χ0) is 25.0. The van der Waals surface area contributed by atoms with Crippen molar-refractivity contribution in [3.8, 4) is 0 Å². The molecule has 0 aliphatic heterocycles. The van der Waals surface area contributed by atoms with E-state index in [4.69, 9.17) is 162 Å². The van der Waals surface area contributed by atoms with E-state index in [2.05, 4.69) is 0 Å². The Morgan fingerprint density at radius 1 is 0.645 bits per heavy atom. The molecule has 0 bridgehead atoms. The van der Waals surface area contributed by atoms with Crippen LogP contribution in [0.15, 0.2) is 18.2 Å². The summed E-state index contributed by atoms with van der Waals surface area (Å²) >= 11 is 85.9. The van der Waals surface area contributed by atoms with Crippen LogP contribution in [0.1, 0.15) is 36.6 Å². The molecule has 0 heterocycles. The van der Waals surface area contributed by atoms with Crippen LogP contribution in [0.2, 0.25) is 0 Å². The number of alkyl halides is 14. The van der Waals surface area contributed by atoms with Crippen molar-refractivity contribution in [3.05, 3.63) is 34.9 Å². The Bertz CT molecular complexity index is 790. The molecular weight excluding hydrogens is 705 g/mol. The van der Waals surface area contributed by atoms with Crippen molar-refractivity contribution in [3.63, 3.8) is 0 Å². The van der Waals surface area contributed by atoms with Crippen LogP contribution in [-0.2, 0) is 13.8 Å². The third kappa shape index (κ3) is 6.22. The Hall–Kier alpha value is 3.24. The second-order valence-electron chi connectivity index (χ2n) is 6.76. The van der Waals surface area contributed by atoms with Gasteiger partial charge in [-0.1, -0.05) is 188 Å². The van der Waals surface area contributed by atoms with Crippen LogP contribution in [0.4, 0.5) is 0 Å². The van der Waals surface area contributed by atoms with Crippen LogP contribution >= 0.6 is 162 Å². The molecule has 0 saturated carbocycles. The predicted octanol–water partition coefficient (Wildman–Crippen LogP) is 11.2. The van der Waals surface area contributed by atoms with Gasteiger partial charge in [-0.05, 0) is 28.7 Å². The van der Waals surface area contributed by atoms with Crippen molar-refractivity contribution in [2.45, 2.75) is 44.9 Å². The second kappa shape index (κ2) is 10.5. The number of rotatable bonds is 6. The molecule has 0 aliphatic rings. The number of halogens is 14. The Labute approximate surface area is 250 Å². The van der Waals surface area contributed by atoms with Crippen LogP contribution in [0.3, 0.4) is 0 Å². The molecule has 31 heavy (non-hydrogen) atoms. The van der Waals surface area contributed by atoms with Gasteiger partial charge in [0.25, 0.3) is 0 Å². The van der Waals surface area contributed by atoms with Crippen LogP contribution in [-0.4, -0.2) is 16.3 Å². The molecule has 0 fully saturated rings. The molecule has 0 aliphatic carbocycles. The van der Waals surface area contributed by atoms with E-state index in [9.17, 15) is 5.11 Å². The molecule has 1 rings (SSSR count). The van der Waals surface area contributed by atoms with E-state index in [1.807, 2.05) is 0 Å². The molecule has 0 spiro atoms. The van der Waals surface area contributed by atoms with E-state index >= 15 is 0 Å². The van der Waals surface area contributed by atoms with Crippen LogP contribution < -0.4 is 0 Å². The maximum absolute atomic E-state index is 12.9. The van der Waals surface area contributed by atoms with Crippen molar-refractivity contribution in [2.75, 3.05) is 0 Å². The summed E-state index contributed by atoms with van der Waals surface area (Å²) in [6, 6.07) is 3.83. The molecule has 1 unspecified atom stereocenters. The van der Waals surface area contributed by atoms with Gasteiger partial charge >= 0.3 is 0 Å². The van der Waals surface area contributed by atoms with E-state index in [1.54, 1.807) is 13.8 Å². The van der Waals surface area contributed by atoms with Crippen molar-refractivity contribution in [2.24, 2.45) is 5.92 Å². The summed E-state index contributed by atoms with van der Waals surface area (Å²) in [4.78, 5) is 0. The lowest BCUT2D eigenvalue weighted by Crippen LogP contribution is -2.47. The Kier molecular flexibility index (Phi) is 11.0. The Morgan fingerprint density at radius 2 is 1.03 bits per heavy atom. The lowest BCUT2D eigenvalue weighted by Gasteiger charge is -2.41. The summed E-state index contributed by atoms with van der Waals surface area (Å²) in [7, 11) is 0. The van der Waals surface area contributed by atoms with E-state index in [0.717, 1.165) is 0 Å². The molecule has 0 N–H and O–H groups in total. The first-order valence-electron chi connectivity index (χ1n) is 7.90. The highest BCUT2D eigenvalue weighted by Gasteiger charge is 2.63. The molecule has 1 aromatic carbocycles. The SMILES string of the molecule is CC(C)C([O])c1ccc(C(Cl)(Cl)C(Cl)(Cl)C(Cl)(Cl)Cl)cc1C(Cl)(Cl)C(Cl)(Cl)C(Cl)(Cl)Cl. The minimum Gasteiger partial charge on any atom is -0.228 e. The molecule has 15 heteroatoms. The summed E-state index contributed by atoms with van der Waals surface area (Å²) < 4.78 is -14.3. The smallest absolute Gasteiger partial charge is 0.226 e. The highest BCUT2D eigenvalue weighted by molar-refractivity contribution is 6.79. The quantitative estimate of drug-likeness (QED) is 0.261. The lowest BCUT2D eigenvalue weighted by atomic mass is 9.89. The molecule has 1 radical (unpaired) electrons. The zero-order valence-corrected chi connectivity index (χ0v) is 25.7. The maximum Gasteiger partial charge on any atom is 0.226 e. The topological polar surface area (TPSA) is 19.9 Å². The van der Waals surface area contributed by atoms with Crippen molar-refractivity contribution in [1.82, 2.24) is 0 Å². The number of hydrogen-bond acceptors (Lipinski definition) is 0. The molecule has 1 nitrogen and oxygen atoms in total. The van der Waals surface area contributed by atoms with E-state index in [0.29, 0.717) is 0 Å². The van der Waals surface area contributed by atoms with Gasteiger partial charge in [-0.2, -0.15) is 0 Å². The third-order valence-corrected chi connectivity index (χ3v) is 12.0. The third-order valence-electron chi connectivity index (χ3n) is 4.17. The standard InChI is InChI=1S/C16H11Cl14O/c1-6(2)10(31)8-4-3-7(11(17,18)13(21,22)15(25,26)27)5-9(8)12(19,20)14(23,24)16(28,29)30/h3-6,10H,1-2H3. The first-order chi connectivity index (χ1) is 13.4. The van der Waals surface area contributed by atoms with Gasteiger partial charge in [0.15, 0.2) is 8.67 Å². The predicted molar refractivity (Wildman–Crippen MR) is 141 cm³/mol. The average molecular weight is 716 g/mol. The van der Waals surface area contributed by atoms with Gasteiger partial charge in [0.2, 0.25) is 16.3 Å². The van der Waals surface area contributed by atoms with Crippen LogP contribution in [0, 0.1) is 5.92 Å². The van der Waals surface area contributed by atoms with Crippen LogP contribution in [0.25, 0.3) is 0 Å². The highest BCUT2D eigenvalue weighted by Crippen LogP contribution is 2.64. The Balaban J connectivity index is 3.92. The average Bonchev–Trinajstić information content (AvgIpc) is 2.58. The van der Waals surface area contributed by atoms with Gasteiger partial charge in [-0.15, -0.1) is 0 Å². The highest BCUT2D eigenvalue weighted by atomic mass is 35.6. The summed E-state index contributed by atoms with van der Waals surface area (Å²) in [6.45, 7) is 3.34. The molecule has 0 saturated heterocycles. The van der Waals surface area contributed by atoms with Crippen molar-refractivity contribution in [1.29, 1.82) is 0 Å². The van der Waals surface area contributed by atoms with Gasteiger partial charge in [-0.25, -0.2) is 5.11 Å². The second-order valence-corrected chi connectivity index (χ2v) is 16.6. The summed E-state index contributed by atoms with van der Waals surface area (Å²) in [5.74, 6) is -0.417. The van der Waals surface area contributed by atoms with Gasteiger partial charge < -0.3 is 0 Å². The molecule has 179 valence electrons. The molecule has 0 aromatic heterocycles. The van der Waals surface area contributed by atoms with Crippen LogP contribution in [0.5, 0.6) is 0 Å². The number of benzene rings is 1. The summed E-state index contributed by atoms with van der Waals surface area (Å²) in [5.41, 5.74) is -0.171. The normalized spacial score (nSPS) is 16.1.